The summed E-state index contributed by atoms with van der Waals surface area (Å²) in [6.07, 6.45) is 3.89. The van der Waals surface area contributed by atoms with Crippen molar-refractivity contribution in [3.63, 3.8) is 0 Å². The molecule has 0 aliphatic carbocycles. The third kappa shape index (κ3) is 4.10. The lowest BCUT2D eigenvalue weighted by Crippen LogP contribution is -2.39. The van der Waals surface area contributed by atoms with Crippen LogP contribution in [0.25, 0.3) is 0 Å². The van der Waals surface area contributed by atoms with Crippen molar-refractivity contribution in [1.29, 1.82) is 0 Å². The van der Waals surface area contributed by atoms with E-state index in [4.69, 9.17) is 9.47 Å². The van der Waals surface area contributed by atoms with Crippen molar-refractivity contribution in [2.24, 2.45) is 0 Å². The Labute approximate surface area is 112 Å². The van der Waals surface area contributed by atoms with Crippen LogP contribution in [0, 0.1) is 0 Å². The average Bonchev–Trinajstić information content (AvgIpc) is 2.96. The first-order valence-corrected chi connectivity index (χ1v) is 6.41. The second-order valence-electron chi connectivity index (χ2n) is 4.37. The van der Waals surface area contributed by atoms with E-state index in [1.165, 1.54) is 0 Å². The summed E-state index contributed by atoms with van der Waals surface area (Å²) < 4.78 is 10.5. The number of nitrogens with one attached hydrogen (secondary N) is 2. The van der Waals surface area contributed by atoms with Crippen molar-refractivity contribution >= 4 is 6.03 Å². The number of carbonyl (C=O) groups excluding carboxylic acids is 1. The fraction of sp³-hybridized carbons (Fsp3) is 0.538. The van der Waals surface area contributed by atoms with Gasteiger partial charge in [-0.05, 0) is 18.9 Å². The summed E-state index contributed by atoms with van der Waals surface area (Å²) in [5.74, 6) is 0.530. The van der Waals surface area contributed by atoms with E-state index in [9.17, 15) is 4.79 Å². The van der Waals surface area contributed by atoms with Gasteiger partial charge in [-0.25, -0.2) is 9.78 Å². The Kier molecular flexibility index (Phi) is 4.97. The fourth-order valence-electron chi connectivity index (χ4n) is 1.99. The summed E-state index contributed by atoms with van der Waals surface area (Å²) in [7, 11) is 1.56. The van der Waals surface area contributed by atoms with Gasteiger partial charge >= 0.3 is 6.03 Å². The lowest BCUT2D eigenvalue weighted by molar-refractivity contribution is 0.111. The minimum Gasteiger partial charge on any atom is -0.481 e. The summed E-state index contributed by atoms with van der Waals surface area (Å²) in [4.78, 5) is 15.7. The molecule has 6 heteroatoms. The molecule has 0 saturated carbocycles. The quantitative estimate of drug-likeness (QED) is 0.835. The van der Waals surface area contributed by atoms with Crippen LogP contribution in [0.2, 0.25) is 0 Å². The number of carbonyl (C=O) groups is 1. The van der Waals surface area contributed by atoms with Crippen molar-refractivity contribution in [1.82, 2.24) is 15.6 Å². The van der Waals surface area contributed by atoms with E-state index in [-0.39, 0.29) is 12.1 Å². The zero-order valence-corrected chi connectivity index (χ0v) is 11.0. The molecule has 1 fully saturated rings. The van der Waals surface area contributed by atoms with Crippen LogP contribution in [0.4, 0.5) is 4.79 Å². The maximum Gasteiger partial charge on any atom is 0.315 e. The van der Waals surface area contributed by atoms with Gasteiger partial charge in [0.1, 0.15) is 0 Å². The van der Waals surface area contributed by atoms with Gasteiger partial charge < -0.3 is 20.1 Å². The molecular weight excluding hydrogens is 246 g/mol. The van der Waals surface area contributed by atoms with E-state index in [0.717, 1.165) is 25.0 Å². The maximum absolute atomic E-state index is 11.6. The predicted octanol–water partition coefficient (Wildman–Crippen LogP) is 1.07. The lowest BCUT2D eigenvalue weighted by atomic mass is 10.2. The third-order valence-corrected chi connectivity index (χ3v) is 3.00. The van der Waals surface area contributed by atoms with Gasteiger partial charge in [0.05, 0.1) is 13.2 Å². The van der Waals surface area contributed by atoms with Gasteiger partial charge in [0, 0.05) is 31.5 Å². The van der Waals surface area contributed by atoms with Crippen molar-refractivity contribution in [3.05, 3.63) is 23.9 Å². The molecule has 2 rings (SSSR count). The first-order valence-electron chi connectivity index (χ1n) is 6.41. The number of hydrogen-bond donors (Lipinski definition) is 2. The molecule has 0 aromatic carbocycles. The van der Waals surface area contributed by atoms with E-state index < -0.39 is 0 Å². The molecule has 104 valence electrons. The summed E-state index contributed by atoms with van der Waals surface area (Å²) in [6, 6.07) is 3.47. The first kappa shape index (κ1) is 13.6. The number of methoxy groups -OCH3 is 1. The molecular formula is C13H19N3O3. The number of nitrogens with zero attached hydrogens (tertiary/aromatic N) is 1. The topological polar surface area (TPSA) is 72.5 Å². The lowest BCUT2D eigenvalue weighted by Gasteiger charge is -2.12. The SMILES string of the molecule is COc1ncccc1CNC(=O)NC[C@@H]1CCCO1. The third-order valence-electron chi connectivity index (χ3n) is 3.00. The van der Waals surface area contributed by atoms with Gasteiger partial charge in [0.25, 0.3) is 0 Å². The highest BCUT2D eigenvalue weighted by molar-refractivity contribution is 5.73. The normalized spacial score (nSPS) is 18.1. The van der Waals surface area contributed by atoms with Gasteiger partial charge in [-0.3, -0.25) is 0 Å². The number of hydrogen-bond acceptors (Lipinski definition) is 4. The van der Waals surface area contributed by atoms with Crippen LogP contribution in [-0.4, -0.2) is 37.4 Å². The Morgan fingerprint density at radius 3 is 3.21 bits per heavy atom. The molecule has 1 aliphatic rings. The molecule has 0 unspecified atom stereocenters. The average molecular weight is 265 g/mol. The Morgan fingerprint density at radius 1 is 1.58 bits per heavy atom. The first-order chi connectivity index (χ1) is 9.29. The molecule has 19 heavy (non-hydrogen) atoms. The Morgan fingerprint density at radius 2 is 2.47 bits per heavy atom. The molecule has 1 atom stereocenters. The van der Waals surface area contributed by atoms with E-state index in [0.29, 0.717) is 19.0 Å². The summed E-state index contributed by atoms with van der Waals surface area (Å²) >= 11 is 0. The predicted molar refractivity (Wildman–Crippen MR) is 70.0 cm³/mol. The van der Waals surface area contributed by atoms with Gasteiger partial charge in [-0.1, -0.05) is 6.07 Å². The van der Waals surface area contributed by atoms with Crippen molar-refractivity contribution < 1.29 is 14.3 Å². The van der Waals surface area contributed by atoms with E-state index >= 15 is 0 Å². The summed E-state index contributed by atoms with van der Waals surface area (Å²) in [5, 5.41) is 5.57. The number of aromatic nitrogens is 1. The second kappa shape index (κ2) is 6.94. The van der Waals surface area contributed by atoms with Crippen LogP contribution >= 0.6 is 0 Å². The van der Waals surface area contributed by atoms with Crippen molar-refractivity contribution in [3.8, 4) is 5.88 Å². The van der Waals surface area contributed by atoms with Crippen molar-refractivity contribution in [2.45, 2.75) is 25.5 Å². The minimum absolute atomic E-state index is 0.152. The number of amides is 2. The molecule has 0 bridgehead atoms. The molecule has 6 nitrogen and oxygen atoms in total. The standard InChI is InChI=1S/C13H19N3O3/c1-18-12-10(4-2-6-14-12)8-15-13(17)16-9-11-5-3-7-19-11/h2,4,6,11H,3,5,7-9H2,1H3,(H2,15,16,17)/t11-/m0/s1. The second-order valence-corrected chi connectivity index (χ2v) is 4.37. The van der Waals surface area contributed by atoms with Gasteiger partial charge in [-0.2, -0.15) is 0 Å². The highest BCUT2D eigenvalue weighted by Gasteiger charge is 2.16. The zero-order valence-electron chi connectivity index (χ0n) is 11.0. The van der Waals surface area contributed by atoms with Gasteiger partial charge in [0.15, 0.2) is 0 Å². The smallest absolute Gasteiger partial charge is 0.315 e. The monoisotopic (exact) mass is 265 g/mol. The maximum atomic E-state index is 11.6. The van der Waals surface area contributed by atoms with Gasteiger partial charge in [-0.15, -0.1) is 0 Å². The highest BCUT2D eigenvalue weighted by atomic mass is 16.5. The van der Waals surface area contributed by atoms with E-state index in [1.54, 1.807) is 13.3 Å². The van der Waals surface area contributed by atoms with Crippen LogP contribution in [0.1, 0.15) is 18.4 Å². The van der Waals surface area contributed by atoms with Crippen LogP contribution in [0.15, 0.2) is 18.3 Å². The molecule has 1 saturated heterocycles. The van der Waals surface area contributed by atoms with E-state index in [1.807, 2.05) is 12.1 Å². The Hall–Kier alpha value is -1.82. The molecule has 0 spiro atoms. The number of urea groups is 1. The minimum atomic E-state index is -0.207. The molecule has 1 aliphatic heterocycles. The van der Waals surface area contributed by atoms with Crippen LogP contribution in [0.5, 0.6) is 5.88 Å². The van der Waals surface area contributed by atoms with Crippen LogP contribution in [0.3, 0.4) is 0 Å². The fourth-order valence-corrected chi connectivity index (χ4v) is 1.99. The molecule has 0 radical (unpaired) electrons. The zero-order chi connectivity index (χ0) is 13.5. The van der Waals surface area contributed by atoms with E-state index in [2.05, 4.69) is 15.6 Å². The molecule has 2 amide bonds. The molecule has 2 N–H and O–H groups in total. The largest absolute Gasteiger partial charge is 0.481 e. The number of ether oxygens (including phenoxy) is 2. The Bertz CT molecular complexity index is 419. The summed E-state index contributed by atoms with van der Waals surface area (Å²) in [6.45, 7) is 1.73. The number of pyridine rings is 1. The summed E-state index contributed by atoms with van der Waals surface area (Å²) in [5.41, 5.74) is 0.845. The van der Waals surface area contributed by atoms with Crippen LogP contribution < -0.4 is 15.4 Å². The Balaban J connectivity index is 1.73. The number of rotatable bonds is 5. The van der Waals surface area contributed by atoms with Crippen LogP contribution in [-0.2, 0) is 11.3 Å². The van der Waals surface area contributed by atoms with Gasteiger partial charge in [0.2, 0.25) is 5.88 Å². The molecule has 1 aromatic heterocycles. The highest BCUT2D eigenvalue weighted by Crippen LogP contribution is 2.13. The molecule has 1 aromatic rings. The van der Waals surface area contributed by atoms with Crippen molar-refractivity contribution in [2.75, 3.05) is 20.3 Å². The molecule has 2 heterocycles.